The quantitative estimate of drug-likeness (QED) is 0.546. The van der Waals surface area contributed by atoms with E-state index in [4.69, 9.17) is 6.57 Å². The van der Waals surface area contributed by atoms with Gasteiger partial charge in [0, 0.05) is 20.3 Å². The van der Waals surface area contributed by atoms with Crippen LogP contribution in [-0.4, -0.2) is 5.54 Å². The standard InChI is InChI=1S/C10H19N/c1-7-9(2,3)8-10(4,5)11-6/h7-8H2,1-5H3. The highest BCUT2D eigenvalue weighted by atomic mass is 14.8. The predicted molar refractivity (Wildman–Crippen MR) is 49.4 cm³/mol. The van der Waals surface area contributed by atoms with Crippen molar-refractivity contribution in [3.63, 3.8) is 0 Å². The number of hydrogen-bond donors (Lipinski definition) is 0. The lowest BCUT2D eigenvalue weighted by atomic mass is 9.79. The molecule has 0 spiro atoms. The van der Waals surface area contributed by atoms with Gasteiger partial charge >= 0.3 is 0 Å². The fourth-order valence-corrected chi connectivity index (χ4v) is 1.34. The van der Waals surface area contributed by atoms with Gasteiger partial charge in [0.05, 0.1) is 0 Å². The van der Waals surface area contributed by atoms with Crippen molar-refractivity contribution >= 4 is 0 Å². The van der Waals surface area contributed by atoms with Crippen LogP contribution in [0.1, 0.15) is 47.5 Å². The second-order valence-corrected chi connectivity index (χ2v) is 4.62. The number of nitrogens with zero attached hydrogens (tertiary/aromatic N) is 1. The molecule has 0 heterocycles. The molecule has 64 valence electrons. The second-order valence-electron chi connectivity index (χ2n) is 4.62. The van der Waals surface area contributed by atoms with Gasteiger partial charge in [0.15, 0.2) is 0 Å². The van der Waals surface area contributed by atoms with Crippen LogP contribution in [0.5, 0.6) is 0 Å². The van der Waals surface area contributed by atoms with Crippen molar-refractivity contribution in [2.75, 3.05) is 0 Å². The van der Waals surface area contributed by atoms with Crippen LogP contribution in [0.4, 0.5) is 0 Å². The van der Waals surface area contributed by atoms with Gasteiger partial charge in [0.2, 0.25) is 5.54 Å². The van der Waals surface area contributed by atoms with Crippen molar-refractivity contribution in [2.45, 2.75) is 53.0 Å². The van der Waals surface area contributed by atoms with Gasteiger partial charge in [-0.05, 0) is 5.41 Å². The van der Waals surface area contributed by atoms with E-state index in [0.717, 1.165) is 12.8 Å². The van der Waals surface area contributed by atoms with Crippen LogP contribution in [0.2, 0.25) is 0 Å². The zero-order chi connectivity index (χ0) is 9.12. The van der Waals surface area contributed by atoms with E-state index in [0.29, 0.717) is 5.41 Å². The highest BCUT2D eigenvalue weighted by molar-refractivity contribution is 4.93. The molecule has 0 amide bonds. The van der Waals surface area contributed by atoms with Crippen molar-refractivity contribution in [1.29, 1.82) is 0 Å². The SMILES string of the molecule is [C-]#[N+]C(C)(C)CC(C)(C)CC. The van der Waals surface area contributed by atoms with E-state index in [1.807, 2.05) is 13.8 Å². The topological polar surface area (TPSA) is 4.36 Å². The summed E-state index contributed by atoms with van der Waals surface area (Å²) < 4.78 is 0. The first-order valence-electron chi connectivity index (χ1n) is 4.21. The van der Waals surface area contributed by atoms with E-state index < -0.39 is 0 Å². The van der Waals surface area contributed by atoms with Gasteiger partial charge in [-0.2, -0.15) is 0 Å². The Labute approximate surface area is 70.6 Å². The Hall–Kier alpha value is -0.510. The molecule has 0 aromatic heterocycles. The van der Waals surface area contributed by atoms with Crippen LogP contribution in [0.3, 0.4) is 0 Å². The monoisotopic (exact) mass is 153 g/mol. The smallest absolute Gasteiger partial charge is 0.227 e. The van der Waals surface area contributed by atoms with Crippen molar-refractivity contribution in [3.05, 3.63) is 11.4 Å². The molecule has 0 aromatic carbocycles. The molecule has 0 unspecified atom stereocenters. The summed E-state index contributed by atoms with van der Waals surface area (Å²) in [6.07, 6.45) is 2.13. The fraction of sp³-hybridized carbons (Fsp3) is 0.900. The molecule has 0 fully saturated rings. The Morgan fingerprint density at radius 3 is 1.91 bits per heavy atom. The van der Waals surface area contributed by atoms with Crippen LogP contribution in [0.25, 0.3) is 4.85 Å². The lowest BCUT2D eigenvalue weighted by Gasteiger charge is -2.26. The van der Waals surface area contributed by atoms with Crippen molar-refractivity contribution in [3.8, 4) is 0 Å². The minimum Gasteiger partial charge on any atom is -0.311 e. The lowest BCUT2D eigenvalue weighted by molar-refractivity contribution is 0.273. The highest BCUT2D eigenvalue weighted by Crippen LogP contribution is 2.32. The van der Waals surface area contributed by atoms with Crippen LogP contribution in [0.15, 0.2) is 0 Å². The van der Waals surface area contributed by atoms with Crippen LogP contribution in [0, 0.1) is 12.0 Å². The molecule has 0 rings (SSSR count). The maximum Gasteiger partial charge on any atom is 0.227 e. The molecule has 0 aromatic rings. The van der Waals surface area contributed by atoms with Crippen molar-refractivity contribution in [2.24, 2.45) is 5.41 Å². The van der Waals surface area contributed by atoms with Crippen LogP contribution < -0.4 is 0 Å². The molecule has 0 aliphatic carbocycles. The minimum atomic E-state index is -0.181. The molecule has 0 atom stereocenters. The summed E-state index contributed by atoms with van der Waals surface area (Å²) in [7, 11) is 0. The van der Waals surface area contributed by atoms with Gasteiger partial charge in [-0.15, -0.1) is 0 Å². The van der Waals surface area contributed by atoms with E-state index in [2.05, 4.69) is 25.6 Å². The summed E-state index contributed by atoms with van der Waals surface area (Å²) in [6, 6.07) is 0. The van der Waals surface area contributed by atoms with E-state index in [9.17, 15) is 0 Å². The van der Waals surface area contributed by atoms with Gasteiger partial charge in [-0.3, -0.25) is 0 Å². The minimum absolute atomic E-state index is 0.181. The summed E-state index contributed by atoms with van der Waals surface area (Å²) >= 11 is 0. The summed E-state index contributed by atoms with van der Waals surface area (Å²) in [4.78, 5) is 3.60. The van der Waals surface area contributed by atoms with Gasteiger partial charge in [-0.25, -0.2) is 6.57 Å². The summed E-state index contributed by atoms with van der Waals surface area (Å²) in [5.41, 5.74) is 0.132. The van der Waals surface area contributed by atoms with E-state index in [1.165, 1.54) is 0 Å². The molecule has 1 nitrogen and oxygen atoms in total. The normalized spacial score (nSPS) is 12.7. The van der Waals surface area contributed by atoms with Gasteiger partial charge in [-0.1, -0.05) is 27.2 Å². The van der Waals surface area contributed by atoms with Gasteiger partial charge in [0.25, 0.3) is 0 Å². The highest BCUT2D eigenvalue weighted by Gasteiger charge is 2.31. The first-order chi connectivity index (χ1) is 4.83. The molecule has 0 radical (unpaired) electrons. The van der Waals surface area contributed by atoms with E-state index in [1.54, 1.807) is 0 Å². The summed E-state index contributed by atoms with van der Waals surface area (Å²) in [5, 5.41) is 0. The molecule has 0 aliphatic rings. The largest absolute Gasteiger partial charge is 0.311 e. The average Bonchev–Trinajstić information content (AvgIpc) is 1.86. The zero-order valence-electron chi connectivity index (χ0n) is 8.36. The third-order valence-electron chi connectivity index (χ3n) is 2.17. The number of hydrogen-bond acceptors (Lipinski definition) is 0. The molecule has 0 N–H and O–H groups in total. The summed E-state index contributed by atoms with van der Waals surface area (Å²) in [5.74, 6) is 0. The van der Waals surface area contributed by atoms with E-state index in [-0.39, 0.29) is 5.54 Å². The van der Waals surface area contributed by atoms with Gasteiger partial charge < -0.3 is 4.85 Å². The van der Waals surface area contributed by atoms with E-state index >= 15 is 0 Å². The molecule has 1 heteroatoms. The Morgan fingerprint density at radius 1 is 1.18 bits per heavy atom. The zero-order valence-corrected chi connectivity index (χ0v) is 8.36. The Kier molecular flexibility index (Phi) is 3.11. The number of rotatable bonds is 3. The molecule has 0 bridgehead atoms. The first-order valence-corrected chi connectivity index (χ1v) is 4.21. The maximum absolute atomic E-state index is 6.99. The third-order valence-corrected chi connectivity index (χ3v) is 2.17. The van der Waals surface area contributed by atoms with Crippen molar-refractivity contribution < 1.29 is 0 Å². The van der Waals surface area contributed by atoms with Crippen molar-refractivity contribution in [1.82, 2.24) is 0 Å². The first kappa shape index (κ1) is 10.5. The Balaban J connectivity index is 4.16. The molecule has 0 aliphatic heterocycles. The lowest BCUT2D eigenvalue weighted by Crippen LogP contribution is -2.24. The third kappa shape index (κ3) is 4.03. The van der Waals surface area contributed by atoms with Crippen LogP contribution >= 0.6 is 0 Å². The average molecular weight is 153 g/mol. The fourth-order valence-electron chi connectivity index (χ4n) is 1.34. The predicted octanol–water partition coefficient (Wildman–Crippen LogP) is 3.51. The molecule has 0 saturated carbocycles. The Bertz CT molecular complexity index is 160. The van der Waals surface area contributed by atoms with Crippen LogP contribution in [-0.2, 0) is 0 Å². The molecular weight excluding hydrogens is 134 g/mol. The molecular formula is C10H19N. The summed E-state index contributed by atoms with van der Waals surface area (Å²) in [6.45, 7) is 17.6. The second kappa shape index (κ2) is 3.26. The molecule has 0 saturated heterocycles. The molecule has 11 heavy (non-hydrogen) atoms. The van der Waals surface area contributed by atoms with Gasteiger partial charge in [0.1, 0.15) is 0 Å². The Morgan fingerprint density at radius 2 is 1.64 bits per heavy atom. The maximum atomic E-state index is 6.99.